The van der Waals surface area contributed by atoms with Gasteiger partial charge in [-0.3, -0.25) is 9.59 Å². The number of amides is 1. The predicted octanol–water partition coefficient (Wildman–Crippen LogP) is 8.07. The first-order chi connectivity index (χ1) is 21.8. The van der Waals surface area contributed by atoms with Crippen molar-refractivity contribution in [3.8, 4) is 23.1 Å². The summed E-state index contributed by atoms with van der Waals surface area (Å²) in [4.78, 5) is 30.8. The zero-order valence-corrected chi connectivity index (χ0v) is 25.9. The van der Waals surface area contributed by atoms with Crippen LogP contribution in [-0.4, -0.2) is 35.0 Å². The van der Waals surface area contributed by atoms with Crippen molar-refractivity contribution in [1.82, 2.24) is 9.66 Å². The summed E-state index contributed by atoms with van der Waals surface area (Å²) in [6.45, 7) is 1.79. The van der Waals surface area contributed by atoms with Gasteiger partial charge in [0.25, 0.3) is 11.5 Å². The Morgan fingerprint density at radius 3 is 2.56 bits per heavy atom. The number of furan rings is 1. The quantitative estimate of drug-likeness (QED) is 0.157. The van der Waals surface area contributed by atoms with E-state index < -0.39 is 11.5 Å². The fraction of sp³-hybridized carbons (Fsp3) is 0.0909. The Balaban J connectivity index is 1.33. The first-order valence-corrected chi connectivity index (χ1v) is 14.8. The molecule has 0 saturated heterocycles. The molecule has 45 heavy (non-hydrogen) atoms. The average Bonchev–Trinajstić information content (AvgIpc) is 3.44. The Morgan fingerprint density at radius 1 is 0.978 bits per heavy atom. The van der Waals surface area contributed by atoms with E-state index in [2.05, 4.69) is 10.4 Å². The largest absolute Gasteiger partial charge is 0.490 e. The van der Waals surface area contributed by atoms with Crippen LogP contribution in [0.5, 0.6) is 11.5 Å². The smallest absolute Gasteiger partial charge is 0.282 e. The molecule has 0 aliphatic heterocycles. The second-order valence-corrected chi connectivity index (χ2v) is 11.0. The summed E-state index contributed by atoms with van der Waals surface area (Å²) in [7, 11) is 0. The second kappa shape index (κ2) is 13.0. The zero-order valence-electron chi connectivity index (χ0n) is 23.6. The van der Waals surface area contributed by atoms with Gasteiger partial charge in [0.2, 0.25) is 5.82 Å². The molecule has 0 radical (unpaired) electrons. The van der Waals surface area contributed by atoms with Crippen LogP contribution in [0.2, 0.25) is 15.1 Å². The fourth-order valence-corrected chi connectivity index (χ4v) is 5.15. The van der Waals surface area contributed by atoms with Crippen LogP contribution in [0.4, 0.5) is 5.69 Å². The summed E-state index contributed by atoms with van der Waals surface area (Å²) in [5.41, 5.74) is 1.75. The van der Waals surface area contributed by atoms with Gasteiger partial charge in [-0.2, -0.15) is 9.78 Å². The number of benzene rings is 4. The van der Waals surface area contributed by atoms with Crippen molar-refractivity contribution in [1.29, 1.82) is 0 Å². The van der Waals surface area contributed by atoms with E-state index in [1.54, 1.807) is 91.9 Å². The van der Waals surface area contributed by atoms with Crippen LogP contribution < -0.4 is 20.3 Å². The number of hydrogen-bond acceptors (Lipinski definition) is 7. The van der Waals surface area contributed by atoms with Crippen LogP contribution in [-0.2, 0) is 4.79 Å². The van der Waals surface area contributed by atoms with Crippen LogP contribution >= 0.6 is 34.8 Å². The fourth-order valence-electron chi connectivity index (χ4n) is 4.57. The first-order valence-electron chi connectivity index (χ1n) is 13.7. The number of fused-ring (bicyclic) bond motifs is 2. The Hall–Kier alpha value is -4.83. The third-order valence-corrected chi connectivity index (χ3v) is 7.35. The number of ether oxygens (including phenoxy) is 2. The van der Waals surface area contributed by atoms with Crippen molar-refractivity contribution in [3.05, 3.63) is 116 Å². The minimum atomic E-state index is -0.398. The van der Waals surface area contributed by atoms with Crippen LogP contribution in [0.25, 0.3) is 33.5 Å². The van der Waals surface area contributed by atoms with E-state index in [0.717, 1.165) is 5.39 Å². The van der Waals surface area contributed by atoms with Gasteiger partial charge in [-0.15, -0.1) is 0 Å². The summed E-state index contributed by atoms with van der Waals surface area (Å²) in [6.07, 6.45) is 1.45. The van der Waals surface area contributed by atoms with E-state index in [1.807, 2.05) is 0 Å². The molecule has 226 valence electrons. The highest BCUT2D eigenvalue weighted by Gasteiger charge is 2.18. The summed E-state index contributed by atoms with van der Waals surface area (Å²) in [5.74, 6) is 0.619. The first kappa shape index (κ1) is 30.2. The lowest BCUT2D eigenvalue weighted by atomic mass is 10.2. The highest BCUT2D eigenvalue weighted by Crippen LogP contribution is 2.36. The maximum absolute atomic E-state index is 13.6. The highest BCUT2D eigenvalue weighted by atomic mass is 35.5. The van der Waals surface area contributed by atoms with Crippen LogP contribution in [0.3, 0.4) is 0 Å². The molecule has 1 N–H and O–H groups in total. The number of halogens is 3. The van der Waals surface area contributed by atoms with Gasteiger partial charge in [0.05, 0.1) is 28.7 Å². The van der Waals surface area contributed by atoms with E-state index in [1.165, 1.54) is 10.9 Å². The SMILES string of the molecule is CCOc1cc(C=Nn2c(-c3cc4cc(Cl)ccc4o3)nc3ccccc3c2=O)cc(Cl)c1OCC(=O)Nc1ccc(Cl)cc1. The van der Waals surface area contributed by atoms with E-state index in [4.69, 9.17) is 53.7 Å². The molecule has 0 aliphatic rings. The molecule has 0 atom stereocenters. The topological polar surface area (TPSA) is 108 Å². The van der Waals surface area contributed by atoms with Gasteiger partial charge in [0.15, 0.2) is 23.9 Å². The van der Waals surface area contributed by atoms with Crippen molar-refractivity contribution in [3.63, 3.8) is 0 Å². The number of rotatable bonds is 9. The van der Waals surface area contributed by atoms with Crippen molar-refractivity contribution in [2.45, 2.75) is 6.92 Å². The standard InChI is InChI=1S/C33H23Cl3N4O5/c1-2-43-28-14-19(13-25(36)31(28)44-18-30(41)38-23-10-7-21(34)8-11-23)17-37-40-32(39-26-6-4-3-5-24(26)33(40)42)29-16-20-15-22(35)9-12-27(20)45-29/h3-17H,2,18H2,1H3,(H,38,41). The number of nitrogens with one attached hydrogen (secondary N) is 1. The van der Waals surface area contributed by atoms with Gasteiger partial charge in [0.1, 0.15) is 5.58 Å². The zero-order chi connectivity index (χ0) is 31.5. The number of hydrogen-bond donors (Lipinski definition) is 1. The average molecular weight is 662 g/mol. The molecular weight excluding hydrogens is 639 g/mol. The van der Waals surface area contributed by atoms with E-state index in [-0.39, 0.29) is 23.2 Å². The summed E-state index contributed by atoms with van der Waals surface area (Å²) in [6, 6.07) is 23.9. The molecule has 0 bridgehead atoms. The lowest BCUT2D eigenvalue weighted by molar-refractivity contribution is -0.118. The predicted molar refractivity (Wildman–Crippen MR) is 177 cm³/mol. The summed E-state index contributed by atoms with van der Waals surface area (Å²) in [5, 5.41) is 9.64. The molecule has 0 spiro atoms. The highest BCUT2D eigenvalue weighted by molar-refractivity contribution is 6.32. The summed E-state index contributed by atoms with van der Waals surface area (Å²) >= 11 is 18.7. The lowest BCUT2D eigenvalue weighted by Crippen LogP contribution is -2.20. The Kier molecular flexibility index (Phi) is 8.75. The lowest BCUT2D eigenvalue weighted by Gasteiger charge is -2.14. The van der Waals surface area contributed by atoms with Gasteiger partial charge >= 0.3 is 0 Å². The molecule has 0 aliphatic carbocycles. The van der Waals surface area contributed by atoms with Gasteiger partial charge in [-0.1, -0.05) is 46.9 Å². The molecule has 12 heteroatoms. The normalized spacial score (nSPS) is 11.4. The maximum Gasteiger partial charge on any atom is 0.282 e. The number of carbonyl (C=O) groups excluding carboxylic acids is 1. The number of anilines is 1. The number of carbonyl (C=O) groups is 1. The third-order valence-electron chi connectivity index (χ3n) is 6.58. The molecular formula is C33H23Cl3N4O5. The molecule has 0 unspecified atom stereocenters. The van der Waals surface area contributed by atoms with Crippen molar-refractivity contribution in [2.24, 2.45) is 5.10 Å². The van der Waals surface area contributed by atoms with Gasteiger partial charge in [-0.05, 0) is 85.3 Å². The van der Waals surface area contributed by atoms with Crippen molar-refractivity contribution < 1.29 is 18.7 Å². The van der Waals surface area contributed by atoms with Crippen molar-refractivity contribution in [2.75, 3.05) is 18.5 Å². The Bertz CT molecular complexity index is 2140. The molecule has 2 heterocycles. The Morgan fingerprint density at radius 2 is 1.76 bits per heavy atom. The number of aromatic nitrogens is 2. The molecule has 6 aromatic rings. The summed E-state index contributed by atoms with van der Waals surface area (Å²) < 4.78 is 18.7. The molecule has 0 saturated carbocycles. The number of nitrogens with zero attached hydrogens (tertiary/aromatic N) is 3. The van der Waals surface area contributed by atoms with E-state index in [9.17, 15) is 9.59 Å². The third kappa shape index (κ3) is 6.66. The monoisotopic (exact) mass is 660 g/mol. The minimum absolute atomic E-state index is 0.181. The molecule has 9 nitrogen and oxygen atoms in total. The minimum Gasteiger partial charge on any atom is -0.490 e. The van der Waals surface area contributed by atoms with E-state index in [0.29, 0.717) is 55.9 Å². The molecule has 1 amide bonds. The Labute approximate surface area is 271 Å². The molecule has 0 fully saturated rings. The molecule has 4 aromatic carbocycles. The van der Waals surface area contributed by atoms with Gasteiger partial charge in [0, 0.05) is 21.1 Å². The van der Waals surface area contributed by atoms with Crippen LogP contribution in [0.15, 0.2) is 99.2 Å². The van der Waals surface area contributed by atoms with Crippen LogP contribution in [0, 0.1) is 0 Å². The van der Waals surface area contributed by atoms with Crippen LogP contribution in [0.1, 0.15) is 12.5 Å². The van der Waals surface area contributed by atoms with Gasteiger partial charge < -0.3 is 19.2 Å². The molecule has 2 aromatic heterocycles. The van der Waals surface area contributed by atoms with E-state index >= 15 is 0 Å². The van der Waals surface area contributed by atoms with Gasteiger partial charge in [-0.25, -0.2) is 4.98 Å². The maximum atomic E-state index is 13.6. The molecule has 6 rings (SSSR count). The van der Waals surface area contributed by atoms with Crippen molar-refractivity contribution >= 4 is 74.5 Å². The number of para-hydroxylation sites is 1. The second-order valence-electron chi connectivity index (χ2n) is 9.71.